The molecule has 2 aromatic carbocycles. The highest BCUT2D eigenvalue weighted by molar-refractivity contribution is 5.61. The van der Waals surface area contributed by atoms with E-state index in [0.717, 1.165) is 17.7 Å². The van der Waals surface area contributed by atoms with Gasteiger partial charge in [-0.3, -0.25) is 0 Å². The quantitative estimate of drug-likeness (QED) is 0.826. The van der Waals surface area contributed by atoms with Crippen molar-refractivity contribution in [2.45, 2.75) is 12.5 Å². The third-order valence-corrected chi connectivity index (χ3v) is 3.27. The first-order chi connectivity index (χ1) is 8.78. The molecule has 0 aromatic heterocycles. The second kappa shape index (κ2) is 4.15. The van der Waals surface area contributed by atoms with E-state index in [-0.39, 0.29) is 11.9 Å². The molecule has 2 nitrogen and oxygen atoms in total. The lowest BCUT2D eigenvalue weighted by atomic mass is 10.0. The fourth-order valence-electron chi connectivity index (χ4n) is 2.36. The standard InChI is InChI=1S/C15H11FN2/c16-13-4-2-1-3-12(13)15-8-11-6-5-10(9-17)7-14(11)18-15/h1-7,15,18H,8H2. The fourth-order valence-corrected chi connectivity index (χ4v) is 2.36. The molecular weight excluding hydrogens is 227 g/mol. The number of benzene rings is 2. The van der Waals surface area contributed by atoms with E-state index in [1.54, 1.807) is 18.2 Å². The third kappa shape index (κ3) is 1.72. The van der Waals surface area contributed by atoms with Crippen molar-refractivity contribution in [3.8, 4) is 6.07 Å². The second-order valence-corrected chi connectivity index (χ2v) is 4.41. The lowest BCUT2D eigenvalue weighted by molar-refractivity contribution is 0.595. The zero-order chi connectivity index (χ0) is 12.5. The molecule has 3 rings (SSSR count). The molecule has 18 heavy (non-hydrogen) atoms. The molecule has 1 N–H and O–H groups in total. The van der Waals surface area contributed by atoms with Crippen LogP contribution in [0.5, 0.6) is 0 Å². The van der Waals surface area contributed by atoms with Crippen molar-refractivity contribution in [3.05, 3.63) is 65.0 Å². The van der Waals surface area contributed by atoms with Crippen molar-refractivity contribution >= 4 is 5.69 Å². The van der Waals surface area contributed by atoms with Crippen molar-refractivity contribution in [2.24, 2.45) is 0 Å². The van der Waals surface area contributed by atoms with Gasteiger partial charge in [0, 0.05) is 11.3 Å². The number of nitrogens with zero attached hydrogens (tertiary/aromatic N) is 1. The van der Waals surface area contributed by atoms with Crippen LogP contribution in [0.25, 0.3) is 0 Å². The molecule has 0 bridgehead atoms. The summed E-state index contributed by atoms with van der Waals surface area (Å²) < 4.78 is 13.7. The van der Waals surface area contributed by atoms with Crippen LogP contribution in [0.4, 0.5) is 10.1 Å². The third-order valence-electron chi connectivity index (χ3n) is 3.27. The van der Waals surface area contributed by atoms with Crippen molar-refractivity contribution in [1.29, 1.82) is 5.26 Å². The van der Waals surface area contributed by atoms with Gasteiger partial charge in [0.2, 0.25) is 0 Å². The van der Waals surface area contributed by atoms with Gasteiger partial charge in [0.05, 0.1) is 17.7 Å². The highest BCUT2D eigenvalue weighted by atomic mass is 19.1. The molecule has 0 spiro atoms. The molecule has 3 heteroatoms. The minimum atomic E-state index is -0.191. The molecule has 1 aliphatic heterocycles. The summed E-state index contributed by atoms with van der Waals surface area (Å²) in [6, 6.07) is 14.4. The molecule has 1 heterocycles. The van der Waals surface area contributed by atoms with E-state index in [1.165, 1.54) is 6.07 Å². The lowest BCUT2D eigenvalue weighted by Gasteiger charge is -2.12. The topological polar surface area (TPSA) is 35.8 Å². The van der Waals surface area contributed by atoms with E-state index < -0.39 is 0 Å². The van der Waals surface area contributed by atoms with Crippen molar-refractivity contribution < 1.29 is 4.39 Å². The monoisotopic (exact) mass is 238 g/mol. The van der Waals surface area contributed by atoms with Crippen molar-refractivity contribution in [2.75, 3.05) is 5.32 Å². The number of fused-ring (bicyclic) bond motifs is 1. The maximum atomic E-state index is 13.7. The van der Waals surface area contributed by atoms with E-state index in [1.807, 2.05) is 18.2 Å². The van der Waals surface area contributed by atoms with Gasteiger partial charge >= 0.3 is 0 Å². The smallest absolute Gasteiger partial charge is 0.128 e. The number of hydrogen-bond acceptors (Lipinski definition) is 2. The van der Waals surface area contributed by atoms with E-state index in [0.29, 0.717) is 11.1 Å². The molecule has 1 atom stereocenters. The van der Waals surface area contributed by atoms with Gasteiger partial charge in [-0.2, -0.15) is 5.26 Å². The number of anilines is 1. The number of hydrogen-bond donors (Lipinski definition) is 1. The zero-order valence-electron chi connectivity index (χ0n) is 9.65. The minimum absolute atomic E-state index is 0.0462. The summed E-state index contributed by atoms with van der Waals surface area (Å²) in [6.45, 7) is 0. The molecule has 2 aromatic rings. The van der Waals surface area contributed by atoms with Gasteiger partial charge in [0.25, 0.3) is 0 Å². The van der Waals surface area contributed by atoms with E-state index in [9.17, 15) is 4.39 Å². The van der Waals surface area contributed by atoms with Crippen LogP contribution >= 0.6 is 0 Å². The van der Waals surface area contributed by atoms with Gasteiger partial charge in [-0.15, -0.1) is 0 Å². The average molecular weight is 238 g/mol. The van der Waals surface area contributed by atoms with Crippen LogP contribution in [-0.2, 0) is 6.42 Å². The van der Waals surface area contributed by atoms with Gasteiger partial charge in [-0.05, 0) is 30.2 Å². The Morgan fingerprint density at radius 3 is 2.83 bits per heavy atom. The highest BCUT2D eigenvalue weighted by Crippen LogP contribution is 2.35. The van der Waals surface area contributed by atoms with Crippen molar-refractivity contribution in [1.82, 2.24) is 0 Å². The molecule has 0 amide bonds. The Bertz CT molecular complexity index is 643. The second-order valence-electron chi connectivity index (χ2n) is 4.41. The van der Waals surface area contributed by atoms with Crippen LogP contribution in [0.15, 0.2) is 42.5 Å². The van der Waals surface area contributed by atoms with Crippen LogP contribution in [-0.4, -0.2) is 0 Å². The molecule has 0 radical (unpaired) electrons. The van der Waals surface area contributed by atoms with Crippen LogP contribution in [0.2, 0.25) is 0 Å². The molecule has 0 saturated heterocycles. The van der Waals surface area contributed by atoms with E-state index in [2.05, 4.69) is 11.4 Å². The SMILES string of the molecule is N#Cc1ccc2c(c1)NC(c1ccccc1F)C2. The normalized spacial score (nSPS) is 16.8. The van der Waals surface area contributed by atoms with Crippen LogP contribution in [0.1, 0.15) is 22.7 Å². The summed E-state index contributed by atoms with van der Waals surface area (Å²) >= 11 is 0. The molecule has 0 saturated carbocycles. The summed E-state index contributed by atoms with van der Waals surface area (Å²) in [6.07, 6.45) is 0.752. The number of halogens is 1. The van der Waals surface area contributed by atoms with Gasteiger partial charge < -0.3 is 5.32 Å². The summed E-state index contributed by atoms with van der Waals surface area (Å²) in [4.78, 5) is 0. The molecule has 1 unspecified atom stereocenters. The first kappa shape index (κ1) is 10.8. The van der Waals surface area contributed by atoms with E-state index in [4.69, 9.17) is 5.26 Å². The largest absolute Gasteiger partial charge is 0.378 e. The van der Waals surface area contributed by atoms with Gasteiger partial charge in [0.1, 0.15) is 5.82 Å². The van der Waals surface area contributed by atoms with Gasteiger partial charge in [-0.25, -0.2) is 4.39 Å². The number of nitrogens with one attached hydrogen (secondary N) is 1. The Hall–Kier alpha value is -2.34. The van der Waals surface area contributed by atoms with Crippen LogP contribution in [0, 0.1) is 17.1 Å². The molecular formula is C15H11FN2. The maximum Gasteiger partial charge on any atom is 0.128 e. The average Bonchev–Trinajstić information content (AvgIpc) is 2.81. The summed E-state index contributed by atoms with van der Waals surface area (Å²) in [5, 5.41) is 12.1. The predicted molar refractivity (Wildman–Crippen MR) is 67.6 cm³/mol. The Balaban J connectivity index is 1.94. The lowest BCUT2D eigenvalue weighted by Crippen LogP contribution is -2.07. The fraction of sp³-hybridized carbons (Fsp3) is 0.133. The summed E-state index contributed by atoms with van der Waals surface area (Å²) in [5.74, 6) is -0.191. The van der Waals surface area contributed by atoms with Crippen molar-refractivity contribution in [3.63, 3.8) is 0 Å². The summed E-state index contributed by atoms with van der Waals surface area (Å²) in [7, 11) is 0. The molecule has 0 fully saturated rings. The van der Waals surface area contributed by atoms with Crippen LogP contribution < -0.4 is 5.32 Å². The Kier molecular flexibility index (Phi) is 2.49. The van der Waals surface area contributed by atoms with Crippen LogP contribution in [0.3, 0.4) is 0 Å². The van der Waals surface area contributed by atoms with Gasteiger partial charge in [-0.1, -0.05) is 24.3 Å². The molecule has 88 valence electrons. The highest BCUT2D eigenvalue weighted by Gasteiger charge is 2.24. The summed E-state index contributed by atoms with van der Waals surface area (Å²) in [5.41, 5.74) is 3.35. The minimum Gasteiger partial charge on any atom is -0.378 e. The first-order valence-corrected chi connectivity index (χ1v) is 5.82. The first-order valence-electron chi connectivity index (χ1n) is 5.82. The molecule has 1 aliphatic rings. The zero-order valence-corrected chi connectivity index (χ0v) is 9.65. The van der Waals surface area contributed by atoms with Gasteiger partial charge in [0.15, 0.2) is 0 Å². The maximum absolute atomic E-state index is 13.7. The number of rotatable bonds is 1. The Morgan fingerprint density at radius 1 is 1.22 bits per heavy atom. The number of nitriles is 1. The van der Waals surface area contributed by atoms with E-state index >= 15 is 0 Å². The Labute approximate surface area is 105 Å². The molecule has 0 aliphatic carbocycles. The Morgan fingerprint density at radius 2 is 2.06 bits per heavy atom. The predicted octanol–water partition coefficient (Wildman–Crippen LogP) is 3.41.